The maximum absolute atomic E-state index is 13.2. The summed E-state index contributed by atoms with van der Waals surface area (Å²) in [4.78, 5) is 0.256. The van der Waals surface area contributed by atoms with Gasteiger partial charge in [0.2, 0.25) is 10.0 Å². The van der Waals surface area contributed by atoms with Gasteiger partial charge in [0.1, 0.15) is 0 Å². The summed E-state index contributed by atoms with van der Waals surface area (Å²) in [7, 11) is -1.75. The van der Waals surface area contributed by atoms with E-state index in [-0.39, 0.29) is 10.8 Å². The number of aryl methyl sites for hydroxylation is 1. The Morgan fingerprint density at radius 2 is 1.85 bits per heavy atom. The van der Waals surface area contributed by atoms with E-state index < -0.39 is 10.0 Å². The first-order valence-corrected chi connectivity index (χ1v) is 10.1. The van der Waals surface area contributed by atoms with E-state index in [2.05, 4.69) is 11.2 Å². The number of sulfonamides is 1. The summed E-state index contributed by atoms with van der Waals surface area (Å²) in [5.41, 5.74) is 3.18. The Morgan fingerprint density at radius 3 is 2.54 bits per heavy atom. The van der Waals surface area contributed by atoms with Gasteiger partial charge in [-0.25, -0.2) is 8.42 Å². The first kappa shape index (κ1) is 17.3. The fourth-order valence-corrected chi connectivity index (χ4v) is 4.98. The van der Waals surface area contributed by atoms with Crippen molar-refractivity contribution in [2.75, 3.05) is 6.54 Å². The van der Waals surface area contributed by atoms with E-state index in [0.717, 1.165) is 16.7 Å². The molecule has 7 heteroatoms. The summed E-state index contributed by atoms with van der Waals surface area (Å²) in [6, 6.07) is 14.3. The van der Waals surface area contributed by atoms with Crippen LogP contribution in [-0.2, 0) is 23.6 Å². The van der Waals surface area contributed by atoms with Gasteiger partial charge in [0.15, 0.2) is 0 Å². The summed E-state index contributed by atoms with van der Waals surface area (Å²) >= 11 is 5.90. The second-order valence-corrected chi connectivity index (χ2v) is 8.82. The molecular weight excluding hydrogens is 370 g/mol. The lowest BCUT2D eigenvalue weighted by Crippen LogP contribution is -2.38. The van der Waals surface area contributed by atoms with Gasteiger partial charge in [-0.1, -0.05) is 35.9 Å². The number of halogens is 1. The maximum Gasteiger partial charge on any atom is 0.243 e. The molecule has 0 amide bonds. The molecule has 0 aliphatic carbocycles. The Balaban J connectivity index is 1.76. The van der Waals surface area contributed by atoms with Gasteiger partial charge in [-0.3, -0.25) is 4.68 Å². The predicted octanol–water partition coefficient (Wildman–Crippen LogP) is 3.41. The first-order chi connectivity index (χ1) is 12.4. The summed E-state index contributed by atoms with van der Waals surface area (Å²) < 4.78 is 29.6. The van der Waals surface area contributed by atoms with Crippen LogP contribution in [0.3, 0.4) is 0 Å². The highest BCUT2D eigenvalue weighted by Gasteiger charge is 2.34. The molecule has 0 bridgehead atoms. The van der Waals surface area contributed by atoms with Crippen LogP contribution in [0.4, 0.5) is 0 Å². The molecule has 1 aromatic heterocycles. The minimum absolute atomic E-state index is 0.0456. The molecule has 1 aliphatic rings. The molecule has 1 atom stereocenters. The maximum atomic E-state index is 13.2. The van der Waals surface area contributed by atoms with Crippen LogP contribution < -0.4 is 0 Å². The lowest BCUT2D eigenvalue weighted by Gasteiger charge is -2.33. The molecule has 0 saturated heterocycles. The third-order valence-corrected chi connectivity index (χ3v) is 6.82. The molecule has 5 nitrogen and oxygen atoms in total. The number of fused-ring (bicyclic) bond motifs is 1. The fraction of sp³-hybridized carbons (Fsp3) is 0.211. The Hall–Kier alpha value is -2.15. The van der Waals surface area contributed by atoms with Crippen LogP contribution in [-0.4, -0.2) is 29.0 Å². The van der Waals surface area contributed by atoms with Gasteiger partial charge in [-0.15, -0.1) is 0 Å². The number of nitrogens with zero attached hydrogens (tertiary/aromatic N) is 3. The van der Waals surface area contributed by atoms with Crippen molar-refractivity contribution in [2.24, 2.45) is 7.05 Å². The van der Waals surface area contributed by atoms with Crippen molar-refractivity contribution in [2.45, 2.75) is 17.4 Å². The second kappa shape index (κ2) is 6.54. The number of hydrogen-bond acceptors (Lipinski definition) is 3. The molecule has 1 aliphatic heterocycles. The number of aromatic nitrogens is 2. The van der Waals surface area contributed by atoms with Gasteiger partial charge < -0.3 is 0 Å². The Kier molecular flexibility index (Phi) is 4.34. The Bertz CT molecular complexity index is 1040. The normalized spacial score (nSPS) is 17.8. The van der Waals surface area contributed by atoms with Crippen molar-refractivity contribution >= 4 is 21.6 Å². The van der Waals surface area contributed by atoms with Crippen molar-refractivity contribution in [3.8, 4) is 0 Å². The fourth-order valence-electron chi connectivity index (χ4n) is 3.42. The van der Waals surface area contributed by atoms with Crippen molar-refractivity contribution in [3.05, 3.63) is 82.6 Å². The van der Waals surface area contributed by atoms with E-state index in [1.54, 1.807) is 35.1 Å². The summed E-state index contributed by atoms with van der Waals surface area (Å²) in [6.45, 7) is 0.742. The van der Waals surface area contributed by atoms with Crippen molar-refractivity contribution in [3.63, 3.8) is 0 Å². The highest BCUT2D eigenvalue weighted by molar-refractivity contribution is 7.89. The summed E-state index contributed by atoms with van der Waals surface area (Å²) in [5, 5.41) is 4.77. The van der Waals surface area contributed by atoms with E-state index in [4.69, 9.17) is 11.6 Å². The van der Waals surface area contributed by atoms with Crippen LogP contribution in [0.1, 0.15) is 22.6 Å². The molecule has 1 unspecified atom stereocenters. The highest BCUT2D eigenvalue weighted by Crippen LogP contribution is 2.35. The second-order valence-electron chi connectivity index (χ2n) is 6.45. The number of benzene rings is 2. The molecular formula is C19H18ClN3O2S. The lowest BCUT2D eigenvalue weighted by atomic mass is 9.87. The minimum Gasteiger partial charge on any atom is -0.276 e. The van der Waals surface area contributed by atoms with Gasteiger partial charge in [0.25, 0.3) is 0 Å². The van der Waals surface area contributed by atoms with Gasteiger partial charge in [-0.05, 0) is 41.0 Å². The number of hydrogen-bond donors (Lipinski definition) is 0. The zero-order valence-corrected chi connectivity index (χ0v) is 15.8. The molecule has 0 fully saturated rings. The molecule has 0 N–H and O–H groups in total. The average molecular weight is 388 g/mol. The average Bonchev–Trinajstić information content (AvgIpc) is 3.07. The zero-order chi connectivity index (χ0) is 18.3. The Labute approximate surface area is 157 Å². The van der Waals surface area contributed by atoms with E-state index in [1.165, 1.54) is 4.31 Å². The SMILES string of the molecule is Cn1cc(C2CN(S(=O)(=O)c3ccc(Cl)cc3)Cc3ccccc32)cn1. The standard InChI is InChI=1S/C19H18ClN3O2S/c1-22-11-15(10-21-22)19-13-23(12-14-4-2-3-5-18(14)19)26(24,25)17-8-6-16(20)7-9-17/h2-11,19H,12-13H2,1H3. The van der Waals surface area contributed by atoms with Gasteiger partial charge >= 0.3 is 0 Å². The van der Waals surface area contributed by atoms with Crippen molar-refractivity contribution in [1.29, 1.82) is 0 Å². The van der Waals surface area contributed by atoms with Crippen molar-refractivity contribution < 1.29 is 8.42 Å². The van der Waals surface area contributed by atoms with E-state index >= 15 is 0 Å². The highest BCUT2D eigenvalue weighted by atomic mass is 35.5. The smallest absolute Gasteiger partial charge is 0.243 e. The molecule has 2 heterocycles. The molecule has 0 saturated carbocycles. The molecule has 2 aromatic carbocycles. The third-order valence-electron chi connectivity index (χ3n) is 4.74. The molecule has 0 radical (unpaired) electrons. The van der Waals surface area contributed by atoms with Crippen LogP contribution in [0, 0.1) is 0 Å². The first-order valence-electron chi connectivity index (χ1n) is 8.27. The van der Waals surface area contributed by atoms with E-state index in [9.17, 15) is 8.42 Å². The zero-order valence-electron chi connectivity index (χ0n) is 14.2. The molecule has 4 rings (SSSR count). The van der Waals surface area contributed by atoms with Gasteiger partial charge in [-0.2, -0.15) is 9.40 Å². The van der Waals surface area contributed by atoms with Crippen molar-refractivity contribution in [1.82, 2.24) is 14.1 Å². The molecule has 3 aromatic rings. The van der Waals surface area contributed by atoms with Gasteiger partial charge in [0.05, 0.1) is 11.1 Å². The Morgan fingerprint density at radius 1 is 1.12 bits per heavy atom. The monoisotopic (exact) mass is 387 g/mol. The predicted molar refractivity (Wildman–Crippen MR) is 101 cm³/mol. The summed E-state index contributed by atoms with van der Waals surface area (Å²) in [6.07, 6.45) is 3.75. The minimum atomic E-state index is -3.61. The van der Waals surface area contributed by atoms with Crippen LogP contribution in [0.5, 0.6) is 0 Å². The van der Waals surface area contributed by atoms with E-state index in [0.29, 0.717) is 18.1 Å². The van der Waals surface area contributed by atoms with Gasteiger partial charge in [0, 0.05) is 37.3 Å². The topological polar surface area (TPSA) is 55.2 Å². The van der Waals surface area contributed by atoms with Crippen LogP contribution in [0.15, 0.2) is 65.8 Å². The molecule has 0 spiro atoms. The third kappa shape index (κ3) is 3.05. The molecule has 26 heavy (non-hydrogen) atoms. The summed E-state index contributed by atoms with van der Waals surface area (Å²) in [5.74, 6) is -0.0456. The van der Waals surface area contributed by atoms with E-state index in [1.807, 2.05) is 31.4 Å². The van der Waals surface area contributed by atoms with Crippen LogP contribution in [0.2, 0.25) is 5.02 Å². The molecule has 134 valence electrons. The van der Waals surface area contributed by atoms with Crippen LogP contribution >= 0.6 is 11.6 Å². The lowest BCUT2D eigenvalue weighted by molar-refractivity contribution is 0.371. The van der Waals surface area contributed by atoms with Crippen LogP contribution in [0.25, 0.3) is 0 Å². The number of rotatable bonds is 3. The quantitative estimate of drug-likeness (QED) is 0.692. The largest absolute Gasteiger partial charge is 0.276 e.